The number of carbonyl (C=O) groups excluding carboxylic acids is 1. The lowest BCUT2D eigenvalue weighted by Gasteiger charge is -2.06. The van der Waals surface area contributed by atoms with E-state index in [1.165, 1.54) is 0 Å². The van der Waals surface area contributed by atoms with Crippen molar-refractivity contribution in [3.8, 4) is 0 Å². The Bertz CT molecular complexity index is 723. The van der Waals surface area contributed by atoms with Gasteiger partial charge in [0.25, 0.3) is 0 Å². The summed E-state index contributed by atoms with van der Waals surface area (Å²) in [4.78, 5) is 19.2. The maximum absolute atomic E-state index is 11.4. The van der Waals surface area contributed by atoms with Crippen molar-refractivity contribution in [1.29, 1.82) is 0 Å². The van der Waals surface area contributed by atoms with Crippen molar-refractivity contribution in [2.75, 3.05) is 6.61 Å². The summed E-state index contributed by atoms with van der Waals surface area (Å²) in [6, 6.07) is 3.23. The fourth-order valence-electron chi connectivity index (χ4n) is 1.75. The molecule has 2 heterocycles. The van der Waals surface area contributed by atoms with Crippen LogP contribution in [0.2, 0.25) is 20.4 Å². The Morgan fingerprint density at radius 3 is 2.00 bits per heavy atom. The van der Waals surface area contributed by atoms with E-state index in [1.54, 1.807) is 32.9 Å². The maximum Gasteiger partial charge on any atom is 0.342 e. The van der Waals surface area contributed by atoms with Gasteiger partial charge in [-0.25, -0.2) is 14.8 Å². The van der Waals surface area contributed by atoms with Gasteiger partial charge in [0.2, 0.25) is 0 Å². The van der Waals surface area contributed by atoms with Gasteiger partial charge in [-0.05, 0) is 32.9 Å². The van der Waals surface area contributed by atoms with E-state index >= 15 is 0 Å². The predicted octanol–water partition coefficient (Wildman–Crippen LogP) is 5.06. The number of hydrogen-bond acceptors (Lipinski definition) is 5. The summed E-state index contributed by atoms with van der Waals surface area (Å²) >= 11 is 23.0. The summed E-state index contributed by atoms with van der Waals surface area (Å²) in [5.41, 5.74) is 2.02. The Balaban J connectivity index is 0.000000257. The Hall–Kier alpha value is -1.11. The summed E-state index contributed by atoms with van der Waals surface area (Å²) in [6.45, 7) is 5.34. The molecule has 0 fully saturated rings. The molecule has 5 nitrogen and oxygen atoms in total. The number of ether oxygens (including phenoxy) is 1. The zero-order chi connectivity index (χ0) is 19.1. The molecule has 136 valence electrons. The summed E-state index contributed by atoms with van der Waals surface area (Å²) in [5, 5.41) is 9.86. The molecule has 0 aromatic carbocycles. The van der Waals surface area contributed by atoms with Crippen molar-refractivity contribution in [2.45, 2.75) is 27.4 Å². The molecule has 0 spiro atoms. The molecule has 0 saturated carbocycles. The van der Waals surface area contributed by atoms with Crippen LogP contribution in [0.25, 0.3) is 0 Å². The Kier molecular flexibility index (Phi) is 8.89. The second-order valence-electron chi connectivity index (χ2n) is 4.80. The molecule has 0 bridgehead atoms. The van der Waals surface area contributed by atoms with Crippen LogP contribution in [-0.4, -0.2) is 27.7 Å². The monoisotopic (exact) mass is 424 g/mol. The first-order valence-corrected chi connectivity index (χ1v) is 8.64. The lowest BCUT2D eigenvalue weighted by atomic mass is 10.2. The highest BCUT2D eigenvalue weighted by atomic mass is 35.5. The second-order valence-corrected chi connectivity index (χ2v) is 6.34. The van der Waals surface area contributed by atoms with Gasteiger partial charge in [-0.1, -0.05) is 46.4 Å². The summed E-state index contributed by atoms with van der Waals surface area (Å²) in [5.74, 6) is -0.546. The van der Waals surface area contributed by atoms with E-state index in [1.807, 2.05) is 0 Å². The van der Waals surface area contributed by atoms with Crippen LogP contribution in [0.15, 0.2) is 12.1 Å². The fraction of sp³-hybridized carbons (Fsp3) is 0.312. The molecule has 0 radical (unpaired) electrons. The van der Waals surface area contributed by atoms with E-state index in [4.69, 9.17) is 56.2 Å². The smallest absolute Gasteiger partial charge is 0.342 e. The third-order valence-electron chi connectivity index (χ3n) is 2.84. The van der Waals surface area contributed by atoms with Gasteiger partial charge < -0.3 is 9.84 Å². The molecule has 25 heavy (non-hydrogen) atoms. The maximum atomic E-state index is 11.4. The zero-order valence-electron chi connectivity index (χ0n) is 13.7. The van der Waals surface area contributed by atoms with Crippen LogP contribution in [0.3, 0.4) is 0 Å². The first-order chi connectivity index (χ1) is 11.7. The van der Waals surface area contributed by atoms with Crippen LogP contribution < -0.4 is 0 Å². The summed E-state index contributed by atoms with van der Waals surface area (Å²) in [7, 11) is 0. The number of aryl methyl sites for hydroxylation is 2. The first kappa shape index (κ1) is 21.9. The standard InChI is InChI=1S/C9H9Cl2NO2.C7H7Cl2NO/c1-3-14-9(13)7-6(10)4-5(2)12-8(7)11;1-4-2-6(8)5(3-11)7(9)10-4/h4H,3H2,1-2H3;2,11H,3H2,1H3. The molecule has 0 atom stereocenters. The molecule has 0 saturated heterocycles. The Morgan fingerprint density at radius 1 is 1.04 bits per heavy atom. The van der Waals surface area contributed by atoms with Crippen molar-refractivity contribution in [2.24, 2.45) is 0 Å². The predicted molar refractivity (Wildman–Crippen MR) is 99.9 cm³/mol. The Labute approximate surface area is 165 Å². The third kappa shape index (κ3) is 6.28. The molecule has 9 heteroatoms. The number of hydrogen-bond donors (Lipinski definition) is 1. The molecule has 1 N–H and O–H groups in total. The van der Waals surface area contributed by atoms with E-state index in [0.29, 0.717) is 16.3 Å². The quantitative estimate of drug-likeness (QED) is 0.549. The minimum Gasteiger partial charge on any atom is -0.462 e. The van der Waals surface area contributed by atoms with Gasteiger partial charge in [-0.3, -0.25) is 0 Å². The van der Waals surface area contributed by atoms with Gasteiger partial charge in [0.05, 0.1) is 23.3 Å². The largest absolute Gasteiger partial charge is 0.462 e. The lowest BCUT2D eigenvalue weighted by Crippen LogP contribution is -2.07. The van der Waals surface area contributed by atoms with E-state index in [0.717, 1.165) is 5.69 Å². The van der Waals surface area contributed by atoms with Crippen LogP contribution in [-0.2, 0) is 11.3 Å². The number of nitrogens with zero attached hydrogens (tertiary/aromatic N) is 2. The van der Waals surface area contributed by atoms with Gasteiger partial charge >= 0.3 is 5.97 Å². The SMILES string of the molecule is CCOC(=O)c1c(Cl)cc(C)nc1Cl.Cc1cc(Cl)c(CO)c(Cl)n1. The van der Waals surface area contributed by atoms with E-state index in [-0.39, 0.29) is 34.1 Å². The van der Waals surface area contributed by atoms with Crippen molar-refractivity contribution >= 4 is 52.4 Å². The highest BCUT2D eigenvalue weighted by molar-refractivity contribution is 6.38. The van der Waals surface area contributed by atoms with Gasteiger partial charge in [0, 0.05) is 17.0 Å². The summed E-state index contributed by atoms with van der Waals surface area (Å²) in [6.07, 6.45) is 0. The number of rotatable bonds is 3. The number of aliphatic hydroxyl groups is 1. The van der Waals surface area contributed by atoms with Crippen molar-refractivity contribution in [3.05, 3.63) is 55.0 Å². The average molecular weight is 426 g/mol. The second kappa shape index (κ2) is 10.1. The van der Waals surface area contributed by atoms with Crippen LogP contribution in [0.5, 0.6) is 0 Å². The highest BCUT2D eigenvalue weighted by Crippen LogP contribution is 2.24. The molecule has 0 amide bonds. The van der Waals surface area contributed by atoms with E-state index in [2.05, 4.69) is 9.97 Å². The third-order valence-corrected chi connectivity index (χ3v) is 4.06. The molecule has 2 rings (SSSR count). The van der Waals surface area contributed by atoms with Gasteiger partial charge in [0.1, 0.15) is 15.9 Å². The van der Waals surface area contributed by atoms with Crippen LogP contribution in [0.1, 0.15) is 34.2 Å². The van der Waals surface area contributed by atoms with E-state index < -0.39 is 5.97 Å². The minimum absolute atomic E-state index is 0.0773. The molecule has 2 aromatic rings. The fourth-order valence-corrected chi connectivity index (χ4v) is 3.08. The topological polar surface area (TPSA) is 72.3 Å². The molecule has 0 aliphatic heterocycles. The van der Waals surface area contributed by atoms with Crippen molar-refractivity contribution in [3.63, 3.8) is 0 Å². The molecule has 2 aromatic heterocycles. The molecular formula is C16H16Cl4N2O3. The Morgan fingerprint density at radius 2 is 1.56 bits per heavy atom. The van der Waals surface area contributed by atoms with Crippen molar-refractivity contribution in [1.82, 2.24) is 9.97 Å². The van der Waals surface area contributed by atoms with Crippen LogP contribution in [0.4, 0.5) is 0 Å². The average Bonchev–Trinajstić information content (AvgIpc) is 2.46. The lowest BCUT2D eigenvalue weighted by molar-refractivity contribution is 0.0526. The van der Waals surface area contributed by atoms with Crippen LogP contribution >= 0.6 is 46.4 Å². The summed E-state index contributed by atoms with van der Waals surface area (Å²) < 4.78 is 4.78. The number of aromatic nitrogens is 2. The number of halogens is 4. The first-order valence-electron chi connectivity index (χ1n) is 7.13. The van der Waals surface area contributed by atoms with Gasteiger partial charge in [-0.15, -0.1) is 0 Å². The van der Waals surface area contributed by atoms with Gasteiger partial charge in [-0.2, -0.15) is 0 Å². The molecule has 0 aliphatic carbocycles. The normalized spacial score (nSPS) is 10.1. The molecular weight excluding hydrogens is 410 g/mol. The molecule has 0 aliphatic rings. The van der Waals surface area contributed by atoms with Crippen molar-refractivity contribution < 1.29 is 14.6 Å². The number of aliphatic hydroxyl groups excluding tert-OH is 1. The number of esters is 1. The van der Waals surface area contributed by atoms with Crippen LogP contribution in [0, 0.1) is 13.8 Å². The van der Waals surface area contributed by atoms with E-state index in [9.17, 15) is 4.79 Å². The number of carbonyl (C=O) groups is 1. The molecule has 0 unspecified atom stereocenters. The van der Waals surface area contributed by atoms with Gasteiger partial charge in [0.15, 0.2) is 0 Å². The number of pyridine rings is 2. The highest BCUT2D eigenvalue weighted by Gasteiger charge is 2.17. The minimum atomic E-state index is -0.546. The zero-order valence-corrected chi connectivity index (χ0v) is 16.8.